The average Bonchev–Trinajstić information content (AvgIpc) is 2.78. The Morgan fingerprint density at radius 1 is 1.09 bits per heavy atom. The first-order chi connectivity index (χ1) is 15.7. The Hall–Kier alpha value is -2.74. The highest BCUT2D eigenvalue weighted by atomic mass is 32.2. The van der Waals surface area contributed by atoms with Crippen LogP contribution in [0, 0.1) is 6.92 Å². The predicted molar refractivity (Wildman–Crippen MR) is 132 cm³/mol. The number of aryl methyl sites for hydroxylation is 1. The number of nitrogens with zero attached hydrogens (tertiary/aromatic N) is 1. The molecule has 1 aliphatic heterocycles. The molecule has 6 nitrogen and oxygen atoms in total. The van der Waals surface area contributed by atoms with Gasteiger partial charge >= 0.3 is 5.63 Å². The summed E-state index contributed by atoms with van der Waals surface area (Å²) in [7, 11) is -3.46. The minimum atomic E-state index is -3.46. The highest BCUT2D eigenvalue weighted by molar-refractivity contribution is 7.92. The lowest BCUT2D eigenvalue weighted by Crippen LogP contribution is -3.13. The molecule has 0 radical (unpaired) electrons. The summed E-state index contributed by atoms with van der Waals surface area (Å²) in [6.45, 7) is 9.29. The fraction of sp³-hybridized carbons (Fsp3) is 0.346. The fourth-order valence-electron chi connectivity index (χ4n) is 4.48. The quantitative estimate of drug-likeness (QED) is 0.566. The van der Waals surface area contributed by atoms with Crippen molar-refractivity contribution >= 4 is 27.1 Å². The van der Waals surface area contributed by atoms with E-state index in [1.807, 2.05) is 43.3 Å². The van der Waals surface area contributed by atoms with Gasteiger partial charge in [0.2, 0.25) is 10.0 Å². The summed E-state index contributed by atoms with van der Waals surface area (Å²) in [6, 6.07) is 15.1. The van der Waals surface area contributed by atoms with Gasteiger partial charge in [-0.1, -0.05) is 44.2 Å². The number of nitrogens with one attached hydrogen (secondary N) is 1. The van der Waals surface area contributed by atoms with Crippen LogP contribution in [0.15, 0.2) is 63.2 Å². The summed E-state index contributed by atoms with van der Waals surface area (Å²) in [6.07, 6.45) is 1.64. The zero-order valence-corrected chi connectivity index (χ0v) is 20.2. The third kappa shape index (κ3) is 5.43. The molecule has 7 heteroatoms. The number of quaternary nitrogens is 1. The molecule has 2 aromatic carbocycles. The molecule has 33 heavy (non-hydrogen) atoms. The Balaban J connectivity index is 1.48. The molecule has 0 amide bonds. The highest BCUT2D eigenvalue weighted by Gasteiger charge is 2.28. The third-order valence-corrected chi connectivity index (χ3v) is 7.87. The van der Waals surface area contributed by atoms with Gasteiger partial charge in [-0.15, -0.1) is 0 Å². The van der Waals surface area contributed by atoms with E-state index in [-0.39, 0.29) is 5.63 Å². The van der Waals surface area contributed by atoms with Crippen molar-refractivity contribution in [2.45, 2.75) is 33.2 Å². The van der Waals surface area contributed by atoms with Crippen molar-refractivity contribution in [2.75, 3.05) is 26.2 Å². The molecule has 1 N–H and O–H groups in total. The summed E-state index contributed by atoms with van der Waals surface area (Å²) >= 11 is 0. The van der Waals surface area contributed by atoms with E-state index in [1.165, 1.54) is 20.2 Å². The third-order valence-electron chi connectivity index (χ3n) is 6.30. The van der Waals surface area contributed by atoms with Crippen LogP contribution in [-0.2, 0) is 16.6 Å². The lowest BCUT2D eigenvalue weighted by atomic mass is 9.95. The van der Waals surface area contributed by atoms with Crippen molar-refractivity contribution in [3.05, 3.63) is 86.6 Å². The molecule has 0 spiro atoms. The molecule has 1 saturated heterocycles. The molecule has 0 aliphatic carbocycles. The number of benzene rings is 2. The molecule has 1 aromatic heterocycles. The maximum absolute atomic E-state index is 12.8. The van der Waals surface area contributed by atoms with Crippen LogP contribution >= 0.6 is 0 Å². The minimum absolute atomic E-state index is 0.346. The van der Waals surface area contributed by atoms with Crippen molar-refractivity contribution in [1.29, 1.82) is 0 Å². The van der Waals surface area contributed by atoms with E-state index in [2.05, 4.69) is 19.9 Å². The fourth-order valence-corrected chi connectivity index (χ4v) is 5.67. The molecule has 1 aliphatic rings. The Kier molecular flexibility index (Phi) is 6.83. The van der Waals surface area contributed by atoms with Gasteiger partial charge in [0.25, 0.3) is 0 Å². The zero-order valence-electron chi connectivity index (χ0n) is 19.4. The Labute approximate surface area is 195 Å². The molecule has 1 fully saturated rings. The monoisotopic (exact) mass is 467 g/mol. The van der Waals surface area contributed by atoms with Gasteiger partial charge in [0.15, 0.2) is 0 Å². The maximum atomic E-state index is 12.8. The summed E-state index contributed by atoms with van der Waals surface area (Å²) in [5, 5.41) is 2.26. The van der Waals surface area contributed by atoms with Crippen LogP contribution in [0.4, 0.5) is 0 Å². The van der Waals surface area contributed by atoms with E-state index in [1.54, 1.807) is 12.1 Å². The van der Waals surface area contributed by atoms with Crippen LogP contribution in [0.3, 0.4) is 0 Å². The average molecular weight is 468 g/mol. The van der Waals surface area contributed by atoms with Crippen LogP contribution < -0.4 is 10.5 Å². The van der Waals surface area contributed by atoms with Crippen molar-refractivity contribution in [3.8, 4) is 0 Å². The first-order valence-corrected chi connectivity index (χ1v) is 12.9. The van der Waals surface area contributed by atoms with Gasteiger partial charge in [-0.25, -0.2) is 13.2 Å². The van der Waals surface area contributed by atoms with Gasteiger partial charge in [-0.2, -0.15) is 4.31 Å². The first-order valence-electron chi connectivity index (χ1n) is 11.4. The number of fused-ring (bicyclic) bond motifs is 1. The van der Waals surface area contributed by atoms with Gasteiger partial charge in [-0.3, -0.25) is 0 Å². The number of sulfonamides is 1. The zero-order chi connectivity index (χ0) is 23.6. The number of rotatable bonds is 6. The summed E-state index contributed by atoms with van der Waals surface area (Å²) < 4.78 is 32.5. The van der Waals surface area contributed by atoms with E-state index < -0.39 is 10.0 Å². The Bertz CT molecular complexity index is 1320. The number of piperazine rings is 1. The topological polar surface area (TPSA) is 72.0 Å². The molecule has 3 aromatic rings. The normalized spacial score (nSPS) is 16.2. The molecule has 4 rings (SSSR count). The largest absolute Gasteiger partial charge is 0.423 e. The smallest absolute Gasteiger partial charge is 0.336 e. The van der Waals surface area contributed by atoms with Crippen LogP contribution in [0.25, 0.3) is 17.0 Å². The van der Waals surface area contributed by atoms with E-state index in [9.17, 15) is 13.2 Å². The van der Waals surface area contributed by atoms with E-state index >= 15 is 0 Å². The van der Waals surface area contributed by atoms with Gasteiger partial charge in [0, 0.05) is 22.4 Å². The Morgan fingerprint density at radius 3 is 2.45 bits per heavy atom. The SMILES string of the molecule is Cc1cc2oc(=O)cc(C[NH+]3CCN(S(=O)(=O)/C=C/c4ccccc4)CC3)c2cc1C(C)C. The molecule has 174 valence electrons. The van der Waals surface area contributed by atoms with Crippen LogP contribution in [0.2, 0.25) is 0 Å². The van der Waals surface area contributed by atoms with E-state index in [0.717, 1.165) is 22.1 Å². The second-order valence-electron chi connectivity index (χ2n) is 9.03. The second kappa shape index (κ2) is 9.63. The summed E-state index contributed by atoms with van der Waals surface area (Å²) in [4.78, 5) is 13.4. The highest BCUT2D eigenvalue weighted by Crippen LogP contribution is 2.26. The minimum Gasteiger partial charge on any atom is -0.423 e. The molecular formula is C26H31N2O4S+. The number of hydrogen-bond donors (Lipinski definition) is 1. The number of hydrogen-bond acceptors (Lipinski definition) is 4. The van der Waals surface area contributed by atoms with Crippen molar-refractivity contribution in [3.63, 3.8) is 0 Å². The van der Waals surface area contributed by atoms with Crippen LogP contribution in [-0.4, -0.2) is 38.9 Å². The van der Waals surface area contributed by atoms with Crippen molar-refractivity contribution in [1.82, 2.24) is 4.31 Å². The molecule has 2 heterocycles. The standard InChI is InChI=1S/C26H30N2O4S/c1-19(2)23-17-24-22(16-26(29)32-25(24)15-20(23)3)18-27-10-12-28(13-11-27)33(30,31)14-9-21-7-5-4-6-8-21/h4-9,14-17,19H,10-13,18H2,1-3H3/p+1/b14-9+. The predicted octanol–water partition coefficient (Wildman–Crippen LogP) is 2.93. The van der Waals surface area contributed by atoms with Gasteiger partial charge in [0.05, 0.1) is 26.2 Å². The van der Waals surface area contributed by atoms with Gasteiger partial charge in [0.1, 0.15) is 12.1 Å². The summed E-state index contributed by atoms with van der Waals surface area (Å²) in [5.74, 6) is 0.374. The second-order valence-corrected chi connectivity index (χ2v) is 10.9. The maximum Gasteiger partial charge on any atom is 0.336 e. The van der Waals surface area contributed by atoms with Crippen LogP contribution in [0.1, 0.15) is 42.0 Å². The van der Waals surface area contributed by atoms with E-state index in [4.69, 9.17) is 4.42 Å². The molecular weight excluding hydrogens is 436 g/mol. The first kappa shape index (κ1) is 23.4. The van der Waals surface area contributed by atoms with Gasteiger partial charge in [-0.05, 0) is 47.7 Å². The lowest BCUT2D eigenvalue weighted by molar-refractivity contribution is -0.917. The van der Waals surface area contributed by atoms with Crippen molar-refractivity contribution in [2.24, 2.45) is 0 Å². The molecule has 0 saturated carbocycles. The molecule has 0 bridgehead atoms. The molecule has 0 unspecified atom stereocenters. The summed E-state index contributed by atoms with van der Waals surface area (Å²) in [5.41, 5.74) is 4.45. The Morgan fingerprint density at radius 2 is 1.79 bits per heavy atom. The van der Waals surface area contributed by atoms with E-state index in [0.29, 0.717) is 44.2 Å². The van der Waals surface area contributed by atoms with Gasteiger partial charge < -0.3 is 9.32 Å². The van der Waals surface area contributed by atoms with Crippen LogP contribution in [0.5, 0.6) is 0 Å². The van der Waals surface area contributed by atoms with Crippen molar-refractivity contribution < 1.29 is 17.7 Å². The molecule has 0 atom stereocenters. The lowest BCUT2D eigenvalue weighted by Gasteiger charge is -2.31.